The second-order valence-corrected chi connectivity index (χ2v) is 8.08. The number of methoxy groups -OCH3 is 2. The number of ether oxygens (including phenoxy) is 3. The lowest BCUT2D eigenvalue weighted by molar-refractivity contribution is 0.138. The molecule has 2 aromatic rings. The first-order valence-electron chi connectivity index (χ1n) is 8.84. The second kappa shape index (κ2) is 8.58. The summed E-state index contributed by atoms with van der Waals surface area (Å²) in [5.41, 5.74) is 0. The first-order valence-corrected chi connectivity index (χ1v) is 10.3. The molecule has 1 heterocycles. The van der Waals surface area contributed by atoms with Gasteiger partial charge in [-0.05, 0) is 43.9 Å². The van der Waals surface area contributed by atoms with E-state index in [1.807, 2.05) is 18.2 Å². The minimum atomic E-state index is -3.69. The van der Waals surface area contributed by atoms with Crippen molar-refractivity contribution < 1.29 is 22.6 Å². The van der Waals surface area contributed by atoms with E-state index in [0.717, 1.165) is 12.8 Å². The Morgan fingerprint density at radius 2 is 1.81 bits per heavy atom. The summed E-state index contributed by atoms with van der Waals surface area (Å²) >= 11 is 0. The smallest absolute Gasteiger partial charge is 0.244 e. The molecule has 146 valence electrons. The molecule has 1 saturated carbocycles. The molecule has 0 aliphatic heterocycles. The van der Waals surface area contributed by atoms with Crippen molar-refractivity contribution in [3.63, 3.8) is 0 Å². The number of rotatable bonds is 7. The SMILES string of the molecule is COc1ccc(S(=O)(=O)NC2CCC(Oc3ccccn3)CC2)c(OC)c1. The van der Waals surface area contributed by atoms with Crippen LogP contribution in [0.2, 0.25) is 0 Å². The van der Waals surface area contributed by atoms with Gasteiger partial charge in [-0.2, -0.15) is 0 Å². The van der Waals surface area contributed by atoms with Crippen molar-refractivity contribution in [1.29, 1.82) is 0 Å². The third kappa shape index (κ3) is 4.90. The molecule has 8 heteroatoms. The molecule has 1 fully saturated rings. The highest BCUT2D eigenvalue weighted by Gasteiger charge is 2.28. The molecule has 0 saturated heterocycles. The Balaban J connectivity index is 1.61. The number of aromatic nitrogens is 1. The van der Waals surface area contributed by atoms with E-state index in [2.05, 4.69) is 9.71 Å². The topological polar surface area (TPSA) is 86.8 Å². The highest BCUT2D eigenvalue weighted by molar-refractivity contribution is 7.89. The molecule has 0 radical (unpaired) electrons. The Hall–Kier alpha value is -2.32. The lowest BCUT2D eigenvalue weighted by Crippen LogP contribution is -2.39. The van der Waals surface area contributed by atoms with Gasteiger partial charge >= 0.3 is 0 Å². The van der Waals surface area contributed by atoms with E-state index in [9.17, 15) is 8.42 Å². The van der Waals surface area contributed by atoms with Crippen LogP contribution in [0.15, 0.2) is 47.5 Å². The van der Waals surface area contributed by atoms with E-state index in [0.29, 0.717) is 24.5 Å². The van der Waals surface area contributed by atoms with Gasteiger partial charge in [0.2, 0.25) is 15.9 Å². The molecule has 0 spiro atoms. The Kier molecular flexibility index (Phi) is 6.18. The van der Waals surface area contributed by atoms with Crippen molar-refractivity contribution in [2.75, 3.05) is 14.2 Å². The number of nitrogens with one attached hydrogen (secondary N) is 1. The van der Waals surface area contributed by atoms with Gasteiger partial charge in [0.05, 0.1) is 14.2 Å². The van der Waals surface area contributed by atoms with E-state index in [1.54, 1.807) is 18.3 Å². The molecule has 1 aliphatic rings. The third-order valence-corrected chi connectivity index (χ3v) is 6.14. The monoisotopic (exact) mass is 392 g/mol. The maximum absolute atomic E-state index is 12.8. The highest BCUT2D eigenvalue weighted by Crippen LogP contribution is 2.30. The van der Waals surface area contributed by atoms with Crippen LogP contribution in [0.25, 0.3) is 0 Å². The fourth-order valence-corrected chi connectivity index (χ4v) is 4.62. The highest BCUT2D eigenvalue weighted by atomic mass is 32.2. The predicted molar refractivity (Wildman–Crippen MR) is 101 cm³/mol. The zero-order chi connectivity index (χ0) is 19.3. The lowest BCUT2D eigenvalue weighted by Gasteiger charge is -2.29. The molecular weight excluding hydrogens is 368 g/mol. The average molecular weight is 392 g/mol. The molecule has 7 nitrogen and oxygen atoms in total. The third-order valence-electron chi connectivity index (χ3n) is 4.58. The first-order chi connectivity index (χ1) is 13.0. The first kappa shape index (κ1) is 19.4. The van der Waals surface area contributed by atoms with Gasteiger partial charge in [0.15, 0.2) is 0 Å². The maximum Gasteiger partial charge on any atom is 0.244 e. The van der Waals surface area contributed by atoms with Gasteiger partial charge in [0, 0.05) is 24.4 Å². The predicted octanol–water partition coefficient (Wildman–Crippen LogP) is 2.77. The molecule has 3 rings (SSSR count). The van der Waals surface area contributed by atoms with E-state index in [4.69, 9.17) is 14.2 Å². The fourth-order valence-electron chi connectivity index (χ4n) is 3.17. The molecule has 0 amide bonds. The maximum atomic E-state index is 12.8. The van der Waals surface area contributed by atoms with E-state index >= 15 is 0 Å². The van der Waals surface area contributed by atoms with E-state index in [-0.39, 0.29) is 22.8 Å². The van der Waals surface area contributed by atoms with Crippen LogP contribution in [0, 0.1) is 0 Å². The Morgan fingerprint density at radius 3 is 2.44 bits per heavy atom. The molecule has 27 heavy (non-hydrogen) atoms. The van der Waals surface area contributed by atoms with Crippen molar-refractivity contribution in [3.8, 4) is 17.4 Å². The zero-order valence-electron chi connectivity index (χ0n) is 15.4. The molecule has 0 bridgehead atoms. The fraction of sp³-hybridized carbons (Fsp3) is 0.421. The van der Waals surface area contributed by atoms with Gasteiger partial charge in [0.1, 0.15) is 22.5 Å². The molecule has 1 aliphatic carbocycles. The summed E-state index contributed by atoms with van der Waals surface area (Å²) in [7, 11) is -0.729. The lowest BCUT2D eigenvalue weighted by atomic mass is 9.94. The van der Waals surface area contributed by atoms with Crippen molar-refractivity contribution >= 4 is 10.0 Å². The van der Waals surface area contributed by atoms with Crippen LogP contribution in [-0.4, -0.2) is 39.8 Å². The minimum absolute atomic E-state index is 0.0520. The summed E-state index contributed by atoms with van der Waals surface area (Å²) in [6, 6.07) is 10.1. The van der Waals surface area contributed by atoms with Crippen LogP contribution in [0.3, 0.4) is 0 Å². The summed E-state index contributed by atoms with van der Waals surface area (Å²) in [6.45, 7) is 0. The molecule has 0 unspecified atom stereocenters. The number of sulfonamides is 1. The van der Waals surface area contributed by atoms with Gasteiger partial charge in [-0.3, -0.25) is 0 Å². The number of hydrogen-bond donors (Lipinski definition) is 1. The summed E-state index contributed by atoms with van der Waals surface area (Å²) in [5, 5.41) is 0. The van der Waals surface area contributed by atoms with Gasteiger partial charge in [-0.15, -0.1) is 0 Å². The van der Waals surface area contributed by atoms with Crippen molar-refractivity contribution in [2.45, 2.75) is 42.7 Å². The largest absolute Gasteiger partial charge is 0.497 e. The minimum Gasteiger partial charge on any atom is -0.497 e. The van der Waals surface area contributed by atoms with Gasteiger partial charge < -0.3 is 14.2 Å². The molecule has 1 aromatic carbocycles. The van der Waals surface area contributed by atoms with Gasteiger partial charge in [-0.1, -0.05) is 6.07 Å². The number of nitrogens with zero attached hydrogens (tertiary/aromatic N) is 1. The summed E-state index contributed by atoms with van der Waals surface area (Å²) in [6.07, 6.45) is 4.69. The second-order valence-electron chi connectivity index (χ2n) is 6.40. The standard InChI is InChI=1S/C19H24N2O5S/c1-24-16-10-11-18(17(13-16)25-2)27(22,23)21-14-6-8-15(9-7-14)26-19-5-3-4-12-20-19/h3-5,10-15,21H,6-9H2,1-2H3. The number of hydrogen-bond acceptors (Lipinski definition) is 6. The summed E-state index contributed by atoms with van der Waals surface area (Å²) in [5.74, 6) is 1.40. The summed E-state index contributed by atoms with van der Waals surface area (Å²) in [4.78, 5) is 4.28. The zero-order valence-corrected chi connectivity index (χ0v) is 16.2. The van der Waals surface area contributed by atoms with E-state index < -0.39 is 10.0 Å². The number of pyridine rings is 1. The van der Waals surface area contributed by atoms with Gasteiger partial charge in [-0.25, -0.2) is 18.1 Å². The molecule has 0 atom stereocenters. The Labute approximate surface area is 159 Å². The van der Waals surface area contributed by atoms with Crippen LogP contribution < -0.4 is 18.9 Å². The van der Waals surface area contributed by atoms with Crippen molar-refractivity contribution in [2.24, 2.45) is 0 Å². The number of benzene rings is 1. The van der Waals surface area contributed by atoms with Gasteiger partial charge in [0.25, 0.3) is 0 Å². The van der Waals surface area contributed by atoms with Crippen LogP contribution >= 0.6 is 0 Å². The van der Waals surface area contributed by atoms with Crippen molar-refractivity contribution in [1.82, 2.24) is 9.71 Å². The quantitative estimate of drug-likeness (QED) is 0.780. The summed E-state index contributed by atoms with van der Waals surface area (Å²) < 4.78 is 44.5. The van der Waals surface area contributed by atoms with E-state index in [1.165, 1.54) is 20.3 Å². The molecule has 1 N–H and O–H groups in total. The van der Waals surface area contributed by atoms with Crippen LogP contribution in [0.5, 0.6) is 17.4 Å². The van der Waals surface area contributed by atoms with Crippen LogP contribution in [0.1, 0.15) is 25.7 Å². The Morgan fingerprint density at radius 1 is 1.04 bits per heavy atom. The normalized spacial score (nSPS) is 20.1. The Bertz CT molecular complexity index is 850. The van der Waals surface area contributed by atoms with Crippen molar-refractivity contribution in [3.05, 3.63) is 42.6 Å². The van der Waals surface area contributed by atoms with Crippen LogP contribution in [0.4, 0.5) is 0 Å². The van der Waals surface area contributed by atoms with Crippen LogP contribution in [-0.2, 0) is 10.0 Å². The molecule has 1 aromatic heterocycles. The molecular formula is C19H24N2O5S. The average Bonchev–Trinajstić information content (AvgIpc) is 2.69.